The molecule has 1 aliphatic carbocycles. The molecule has 1 unspecified atom stereocenters. The molecular weight excluding hydrogens is 465 g/mol. The number of para-hydroxylation sites is 1. The quantitative estimate of drug-likeness (QED) is 0.353. The van der Waals surface area contributed by atoms with Crippen molar-refractivity contribution in [1.82, 2.24) is 9.88 Å². The standard InChI is InChI=1S/C27H28FN3O3S/c1-18(21-10-11-21)30(16-20-8-13-23(34-3)14-9-20)26(33)15-12-22-17-35-27(29-22)31(19(2)32)25-7-5-4-6-24(25)28/h4-9,12-15,17-18,21H,10-11,16H2,1-3H3/b15-12+. The molecule has 8 heteroatoms. The molecule has 0 radical (unpaired) electrons. The summed E-state index contributed by atoms with van der Waals surface area (Å²) in [5.41, 5.74) is 1.70. The molecule has 0 bridgehead atoms. The van der Waals surface area contributed by atoms with E-state index in [0.29, 0.717) is 23.3 Å². The third kappa shape index (κ3) is 5.95. The molecule has 1 heterocycles. The molecule has 1 saturated carbocycles. The van der Waals surface area contributed by atoms with E-state index in [1.807, 2.05) is 29.2 Å². The van der Waals surface area contributed by atoms with E-state index in [1.165, 1.54) is 41.4 Å². The zero-order valence-electron chi connectivity index (χ0n) is 20.0. The number of methoxy groups -OCH3 is 1. The molecule has 182 valence electrons. The van der Waals surface area contributed by atoms with Crippen LogP contribution in [0.3, 0.4) is 0 Å². The van der Waals surface area contributed by atoms with E-state index < -0.39 is 5.82 Å². The van der Waals surface area contributed by atoms with Crippen LogP contribution >= 0.6 is 11.3 Å². The van der Waals surface area contributed by atoms with E-state index in [2.05, 4.69) is 11.9 Å². The highest BCUT2D eigenvalue weighted by molar-refractivity contribution is 7.14. The first kappa shape index (κ1) is 24.6. The maximum absolute atomic E-state index is 14.3. The SMILES string of the molecule is COc1ccc(CN(C(=O)/C=C/c2csc(N(C(C)=O)c3ccccc3F)n2)C(C)C2CC2)cc1. The lowest BCUT2D eigenvalue weighted by atomic mass is 10.1. The van der Waals surface area contributed by atoms with Gasteiger partial charge in [-0.05, 0) is 61.6 Å². The van der Waals surface area contributed by atoms with Crippen molar-refractivity contribution in [2.45, 2.75) is 39.3 Å². The summed E-state index contributed by atoms with van der Waals surface area (Å²) in [6.07, 6.45) is 5.42. The van der Waals surface area contributed by atoms with Crippen LogP contribution in [0.25, 0.3) is 6.08 Å². The molecule has 0 saturated heterocycles. The normalized spacial score (nSPS) is 14.1. The van der Waals surface area contributed by atoms with Crippen LogP contribution < -0.4 is 9.64 Å². The lowest BCUT2D eigenvalue weighted by Gasteiger charge is -2.28. The summed E-state index contributed by atoms with van der Waals surface area (Å²) in [5.74, 6) is 0.332. The van der Waals surface area contributed by atoms with Crippen LogP contribution in [-0.4, -0.2) is 34.8 Å². The van der Waals surface area contributed by atoms with E-state index in [1.54, 1.807) is 30.7 Å². The molecule has 1 atom stereocenters. The summed E-state index contributed by atoms with van der Waals surface area (Å²) in [7, 11) is 1.63. The third-order valence-electron chi connectivity index (χ3n) is 6.10. The summed E-state index contributed by atoms with van der Waals surface area (Å²) in [5, 5.41) is 2.09. The number of carbonyl (C=O) groups excluding carboxylic acids is 2. The topological polar surface area (TPSA) is 62.7 Å². The van der Waals surface area contributed by atoms with Crippen molar-refractivity contribution in [3.8, 4) is 5.75 Å². The van der Waals surface area contributed by atoms with Crippen LogP contribution in [0.1, 0.15) is 37.9 Å². The van der Waals surface area contributed by atoms with Gasteiger partial charge in [0.2, 0.25) is 11.8 Å². The van der Waals surface area contributed by atoms with Gasteiger partial charge >= 0.3 is 0 Å². The molecule has 1 fully saturated rings. The maximum Gasteiger partial charge on any atom is 0.247 e. The molecule has 1 aliphatic rings. The number of halogens is 1. The van der Waals surface area contributed by atoms with Gasteiger partial charge in [0, 0.05) is 31.0 Å². The Morgan fingerprint density at radius 1 is 1.20 bits per heavy atom. The van der Waals surface area contributed by atoms with Gasteiger partial charge in [0.1, 0.15) is 11.6 Å². The van der Waals surface area contributed by atoms with Crippen LogP contribution in [0.15, 0.2) is 60.0 Å². The van der Waals surface area contributed by atoms with Crippen LogP contribution in [0, 0.1) is 11.7 Å². The second kappa shape index (κ2) is 10.8. The van der Waals surface area contributed by atoms with Gasteiger partial charge in [-0.25, -0.2) is 9.37 Å². The van der Waals surface area contributed by atoms with Gasteiger partial charge in [0.05, 0.1) is 18.5 Å². The van der Waals surface area contributed by atoms with E-state index >= 15 is 0 Å². The molecule has 35 heavy (non-hydrogen) atoms. The number of hydrogen-bond donors (Lipinski definition) is 0. The van der Waals surface area contributed by atoms with E-state index in [0.717, 1.165) is 24.2 Å². The lowest BCUT2D eigenvalue weighted by Crippen LogP contribution is -2.38. The Morgan fingerprint density at radius 2 is 1.91 bits per heavy atom. The number of hydrogen-bond acceptors (Lipinski definition) is 5. The summed E-state index contributed by atoms with van der Waals surface area (Å²) in [6.45, 7) is 3.95. The molecule has 4 rings (SSSR count). The van der Waals surface area contributed by atoms with E-state index in [-0.39, 0.29) is 23.5 Å². The number of benzene rings is 2. The van der Waals surface area contributed by atoms with Crippen LogP contribution in [0.5, 0.6) is 5.75 Å². The maximum atomic E-state index is 14.3. The van der Waals surface area contributed by atoms with Gasteiger partial charge < -0.3 is 9.64 Å². The van der Waals surface area contributed by atoms with Gasteiger partial charge in [0.25, 0.3) is 0 Å². The first-order valence-corrected chi connectivity index (χ1v) is 12.4. The number of carbonyl (C=O) groups is 2. The minimum absolute atomic E-state index is 0.104. The third-order valence-corrected chi connectivity index (χ3v) is 6.94. The zero-order chi connectivity index (χ0) is 24.9. The van der Waals surface area contributed by atoms with Crippen molar-refractivity contribution in [1.29, 1.82) is 0 Å². The number of rotatable bonds is 9. The van der Waals surface area contributed by atoms with Gasteiger partial charge in [0.15, 0.2) is 5.13 Å². The van der Waals surface area contributed by atoms with Gasteiger partial charge in [-0.15, -0.1) is 11.3 Å². The minimum atomic E-state index is -0.506. The van der Waals surface area contributed by atoms with Crippen LogP contribution in [0.2, 0.25) is 0 Å². The van der Waals surface area contributed by atoms with Crippen molar-refractivity contribution in [3.63, 3.8) is 0 Å². The molecule has 2 amide bonds. The minimum Gasteiger partial charge on any atom is -0.497 e. The highest BCUT2D eigenvalue weighted by Gasteiger charge is 2.33. The highest BCUT2D eigenvalue weighted by Crippen LogP contribution is 2.36. The first-order valence-electron chi connectivity index (χ1n) is 11.5. The monoisotopic (exact) mass is 493 g/mol. The molecule has 1 aromatic heterocycles. The number of thiazole rings is 1. The number of ether oxygens (including phenoxy) is 1. The Morgan fingerprint density at radius 3 is 2.54 bits per heavy atom. The fraction of sp³-hybridized carbons (Fsp3) is 0.296. The number of anilines is 2. The largest absolute Gasteiger partial charge is 0.497 e. The Balaban J connectivity index is 1.51. The number of amides is 2. The predicted molar refractivity (Wildman–Crippen MR) is 136 cm³/mol. The van der Waals surface area contributed by atoms with Crippen molar-refractivity contribution >= 4 is 40.0 Å². The number of aromatic nitrogens is 1. The molecule has 6 nitrogen and oxygen atoms in total. The van der Waals surface area contributed by atoms with Gasteiger partial charge in [-0.1, -0.05) is 24.3 Å². The summed E-state index contributed by atoms with van der Waals surface area (Å²) >= 11 is 1.22. The van der Waals surface area contributed by atoms with Crippen molar-refractivity contribution in [2.24, 2.45) is 5.92 Å². The average molecular weight is 494 g/mol. The predicted octanol–water partition coefficient (Wildman–Crippen LogP) is 5.82. The molecule has 2 aromatic carbocycles. The Bertz CT molecular complexity index is 1220. The van der Waals surface area contributed by atoms with E-state index in [9.17, 15) is 14.0 Å². The van der Waals surface area contributed by atoms with Gasteiger partial charge in [-0.2, -0.15) is 0 Å². The molecule has 0 N–H and O–H groups in total. The average Bonchev–Trinajstić information content (AvgIpc) is 3.61. The summed E-state index contributed by atoms with van der Waals surface area (Å²) in [6, 6.07) is 13.9. The van der Waals surface area contributed by atoms with Gasteiger partial charge in [-0.3, -0.25) is 14.5 Å². The Labute approximate surface area is 208 Å². The molecule has 0 aliphatic heterocycles. The summed E-state index contributed by atoms with van der Waals surface area (Å²) < 4.78 is 19.5. The fourth-order valence-corrected chi connectivity index (χ4v) is 4.78. The van der Waals surface area contributed by atoms with Crippen LogP contribution in [0.4, 0.5) is 15.2 Å². The zero-order valence-corrected chi connectivity index (χ0v) is 20.8. The Kier molecular flexibility index (Phi) is 7.60. The molecular formula is C27H28FN3O3S. The first-order chi connectivity index (χ1) is 16.9. The van der Waals surface area contributed by atoms with Crippen molar-refractivity contribution in [3.05, 3.63) is 77.1 Å². The van der Waals surface area contributed by atoms with Crippen molar-refractivity contribution in [2.75, 3.05) is 12.0 Å². The second-order valence-corrected chi connectivity index (χ2v) is 9.42. The number of nitrogens with zero attached hydrogens (tertiary/aromatic N) is 3. The molecule has 0 spiro atoms. The van der Waals surface area contributed by atoms with Crippen molar-refractivity contribution < 1.29 is 18.7 Å². The smallest absolute Gasteiger partial charge is 0.247 e. The Hall–Kier alpha value is -3.52. The summed E-state index contributed by atoms with van der Waals surface area (Å²) in [4.78, 5) is 33.0. The van der Waals surface area contributed by atoms with Crippen LogP contribution in [-0.2, 0) is 16.1 Å². The van der Waals surface area contributed by atoms with E-state index in [4.69, 9.17) is 4.74 Å². The molecule has 3 aromatic rings. The highest BCUT2D eigenvalue weighted by atomic mass is 32.1. The second-order valence-electron chi connectivity index (χ2n) is 8.59. The fourth-order valence-electron chi connectivity index (χ4n) is 3.93. The lowest BCUT2D eigenvalue weighted by molar-refractivity contribution is -0.129.